The van der Waals surface area contributed by atoms with Crippen LogP contribution in [0, 0.1) is 5.82 Å². The summed E-state index contributed by atoms with van der Waals surface area (Å²) >= 11 is 1.81. The first-order chi connectivity index (χ1) is 15.7. The molecule has 0 aliphatic carbocycles. The molecule has 5 rings (SSSR count). The van der Waals surface area contributed by atoms with Crippen LogP contribution in [0.5, 0.6) is 0 Å². The second-order valence-electron chi connectivity index (χ2n) is 7.91. The normalized spacial score (nSPS) is 16.1. The Morgan fingerprint density at radius 1 is 0.969 bits per heavy atom. The quantitative estimate of drug-likeness (QED) is 0.606. The molecular formula is C24H24FN5OS. The third kappa shape index (κ3) is 4.41. The molecule has 2 aromatic carbocycles. The smallest absolute Gasteiger partial charge is 0.254 e. The van der Waals surface area contributed by atoms with E-state index in [1.165, 1.54) is 17.0 Å². The molecule has 0 saturated carbocycles. The highest BCUT2D eigenvalue weighted by molar-refractivity contribution is 7.99. The number of carbonyl (C=O) groups is 1. The highest BCUT2D eigenvalue weighted by atomic mass is 32.2. The van der Waals surface area contributed by atoms with Gasteiger partial charge in [-0.05, 0) is 42.0 Å². The van der Waals surface area contributed by atoms with Gasteiger partial charge in [0.1, 0.15) is 5.82 Å². The van der Waals surface area contributed by atoms with Crippen molar-refractivity contribution in [3.8, 4) is 0 Å². The van der Waals surface area contributed by atoms with Gasteiger partial charge in [-0.1, -0.05) is 12.1 Å². The van der Waals surface area contributed by atoms with Gasteiger partial charge in [0.2, 0.25) is 5.95 Å². The van der Waals surface area contributed by atoms with Crippen LogP contribution in [0.15, 0.2) is 65.8 Å². The number of fused-ring (bicyclic) bond motifs is 1. The van der Waals surface area contributed by atoms with Crippen molar-refractivity contribution in [2.24, 2.45) is 0 Å². The van der Waals surface area contributed by atoms with Crippen LogP contribution < -0.4 is 9.80 Å². The first kappa shape index (κ1) is 20.8. The summed E-state index contributed by atoms with van der Waals surface area (Å²) in [5.74, 6) is 1.53. The number of carbonyl (C=O) groups excluding carboxylic acids is 1. The van der Waals surface area contributed by atoms with Crippen molar-refractivity contribution in [1.29, 1.82) is 0 Å². The van der Waals surface area contributed by atoms with Gasteiger partial charge in [0.25, 0.3) is 5.91 Å². The van der Waals surface area contributed by atoms with E-state index in [9.17, 15) is 9.18 Å². The summed E-state index contributed by atoms with van der Waals surface area (Å²) in [6, 6.07) is 14.4. The van der Waals surface area contributed by atoms with E-state index >= 15 is 0 Å². The summed E-state index contributed by atoms with van der Waals surface area (Å²) in [4.78, 5) is 29.3. The van der Waals surface area contributed by atoms with Crippen molar-refractivity contribution in [3.63, 3.8) is 0 Å². The van der Waals surface area contributed by atoms with Gasteiger partial charge in [-0.25, -0.2) is 14.4 Å². The lowest BCUT2D eigenvalue weighted by Crippen LogP contribution is -2.49. The lowest BCUT2D eigenvalue weighted by molar-refractivity contribution is 0.0746. The van der Waals surface area contributed by atoms with Crippen molar-refractivity contribution < 1.29 is 9.18 Å². The van der Waals surface area contributed by atoms with Crippen molar-refractivity contribution in [2.45, 2.75) is 11.4 Å². The maximum atomic E-state index is 13.3. The van der Waals surface area contributed by atoms with Crippen LogP contribution in [0.1, 0.15) is 15.9 Å². The molecule has 0 bridgehead atoms. The molecule has 1 aromatic heterocycles. The molecule has 1 amide bonds. The molecule has 2 aliphatic heterocycles. The Balaban J connectivity index is 1.29. The van der Waals surface area contributed by atoms with Crippen LogP contribution in [0.3, 0.4) is 0 Å². The van der Waals surface area contributed by atoms with Gasteiger partial charge in [0.15, 0.2) is 0 Å². The van der Waals surface area contributed by atoms with Gasteiger partial charge in [-0.2, -0.15) is 0 Å². The maximum absolute atomic E-state index is 13.3. The third-order valence-electron chi connectivity index (χ3n) is 5.85. The minimum Gasteiger partial charge on any atom is -0.365 e. The average molecular weight is 450 g/mol. The fourth-order valence-corrected chi connectivity index (χ4v) is 5.16. The van der Waals surface area contributed by atoms with Crippen molar-refractivity contribution in [2.75, 3.05) is 48.3 Å². The number of piperazine rings is 1. The summed E-state index contributed by atoms with van der Waals surface area (Å²) in [6.45, 7) is 4.30. The molecule has 2 aliphatic rings. The average Bonchev–Trinajstić information content (AvgIpc) is 2.85. The highest BCUT2D eigenvalue weighted by Gasteiger charge is 2.25. The van der Waals surface area contributed by atoms with E-state index < -0.39 is 0 Å². The van der Waals surface area contributed by atoms with Gasteiger partial charge in [0.05, 0.1) is 5.69 Å². The largest absolute Gasteiger partial charge is 0.365 e. The molecule has 1 saturated heterocycles. The Morgan fingerprint density at radius 2 is 1.72 bits per heavy atom. The van der Waals surface area contributed by atoms with E-state index in [4.69, 9.17) is 0 Å². The number of halogens is 1. The number of nitrogens with zero attached hydrogens (tertiary/aromatic N) is 5. The molecule has 0 spiro atoms. The van der Waals surface area contributed by atoms with Gasteiger partial charge in [-0.15, -0.1) is 11.8 Å². The lowest BCUT2D eigenvalue weighted by Gasteiger charge is -2.35. The maximum Gasteiger partial charge on any atom is 0.254 e. The number of hydrogen-bond acceptors (Lipinski definition) is 6. The number of benzene rings is 2. The van der Waals surface area contributed by atoms with E-state index in [1.54, 1.807) is 18.5 Å². The van der Waals surface area contributed by atoms with E-state index in [1.807, 2.05) is 40.9 Å². The standard InChI is InChI=1S/C24H24FN5OS/c25-20-5-2-18(3-6-20)17-30-14-15-32-22-7-4-19(16-21(22)30)23(31)28-10-12-29(13-11-28)24-26-8-1-9-27-24/h1-9,16H,10-15,17H2. The highest BCUT2D eigenvalue weighted by Crippen LogP contribution is 2.36. The molecule has 0 N–H and O–H groups in total. The number of hydrogen-bond donors (Lipinski definition) is 0. The van der Waals surface area contributed by atoms with Crippen LogP contribution in [0.2, 0.25) is 0 Å². The Hall–Kier alpha value is -3.13. The summed E-state index contributed by atoms with van der Waals surface area (Å²) in [5.41, 5.74) is 2.84. The summed E-state index contributed by atoms with van der Waals surface area (Å²) in [7, 11) is 0. The fourth-order valence-electron chi connectivity index (χ4n) is 4.13. The first-order valence-electron chi connectivity index (χ1n) is 10.7. The van der Waals surface area contributed by atoms with Gasteiger partial charge in [0, 0.05) is 67.9 Å². The van der Waals surface area contributed by atoms with E-state index in [2.05, 4.69) is 25.8 Å². The van der Waals surface area contributed by atoms with Crippen LogP contribution in [-0.4, -0.2) is 59.3 Å². The fraction of sp³-hybridized carbons (Fsp3) is 0.292. The Bertz CT molecular complexity index is 1090. The van der Waals surface area contributed by atoms with Gasteiger partial charge in [-0.3, -0.25) is 4.79 Å². The zero-order valence-electron chi connectivity index (χ0n) is 17.7. The van der Waals surface area contributed by atoms with Gasteiger partial charge >= 0.3 is 0 Å². The first-order valence-corrected chi connectivity index (χ1v) is 11.7. The predicted molar refractivity (Wildman–Crippen MR) is 125 cm³/mol. The topological polar surface area (TPSA) is 52.6 Å². The van der Waals surface area contributed by atoms with E-state index in [-0.39, 0.29) is 11.7 Å². The molecular weight excluding hydrogens is 425 g/mol. The summed E-state index contributed by atoms with van der Waals surface area (Å²) in [6.07, 6.45) is 3.48. The number of rotatable bonds is 4. The molecule has 0 unspecified atom stereocenters. The zero-order valence-corrected chi connectivity index (χ0v) is 18.5. The predicted octanol–water partition coefficient (Wildman–Crippen LogP) is 3.69. The number of anilines is 2. The van der Waals surface area contributed by atoms with E-state index in [0.717, 1.165) is 23.5 Å². The molecule has 164 valence electrons. The van der Waals surface area contributed by atoms with Crippen LogP contribution >= 0.6 is 11.8 Å². The zero-order chi connectivity index (χ0) is 21.9. The van der Waals surface area contributed by atoms with Crippen LogP contribution in [0.25, 0.3) is 0 Å². The molecule has 8 heteroatoms. The Labute approximate surface area is 191 Å². The molecule has 0 radical (unpaired) electrons. The van der Waals surface area contributed by atoms with Crippen molar-refractivity contribution in [3.05, 3.63) is 77.9 Å². The van der Waals surface area contributed by atoms with Crippen molar-refractivity contribution >= 4 is 29.3 Å². The minimum absolute atomic E-state index is 0.0544. The van der Waals surface area contributed by atoms with Crippen LogP contribution in [-0.2, 0) is 6.54 Å². The molecule has 3 aromatic rings. The second-order valence-corrected chi connectivity index (χ2v) is 9.04. The number of aromatic nitrogens is 2. The molecule has 1 fully saturated rings. The minimum atomic E-state index is -0.227. The molecule has 3 heterocycles. The van der Waals surface area contributed by atoms with E-state index in [0.29, 0.717) is 44.2 Å². The summed E-state index contributed by atoms with van der Waals surface area (Å²) < 4.78 is 13.3. The lowest BCUT2D eigenvalue weighted by atomic mass is 10.1. The summed E-state index contributed by atoms with van der Waals surface area (Å²) in [5, 5.41) is 0. The van der Waals surface area contributed by atoms with Crippen LogP contribution in [0.4, 0.5) is 16.0 Å². The van der Waals surface area contributed by atoms with Gasteiger partial charge < -0.3 is 14.7 Å². The second kappa shape index (κ2) is 9.16. The number of amides is 1. The third-order valence-corrected chi connectivity index (χ3v) is 6.90. The Kier molecular flexibility index (Phi) is 5.94. The number of thioether (sulfide) groups is 1. The SMILES string of the molecule is O=C(c1ccc2c(c1)N(Cc1ccc(F)cc1)CCS2)N1CCN(c2ncccn2)CC1. The van der Waals surface area contributed by atoms with Crippen molar-refractivity contribution in [1.82, 2.24) is 14.9 Å². The molecule has 6 nitrogen and oxygen atoms in total. The molecule has 32 heavy (non-hydrogen) atoms. The Morgan fingerprint density at radius 3 is 2.47 bits per heavy atom. The molecule has 0 atom stereocenters. The monoisotopic (exact) mass is 449 g/mol.